The van der Waals surface area contributed by atoms with Crippen LogP contribution >= 0.6 is 0 Å². The van der Waals surface area contributed by atoms with Crippen LogP contribution in [-0.4, -0.2) is 6.54 Å². The molecule has 1 heterocycles. The van der Waals surface area contributed by atoms with Gasteiger partial charge in [0.05, 0.1) is 6.26 Å². The molecule has 0 saturated carbocycles. The van der Waals surface area contributed by atoms with E-state index in [-0.39, 0.29) is 0 Å². The van der Waals surface area contributed by atoms with E-state index >= 15 is 0 Å². The molecule has 0 aliphatic carbocycles. The van der Waals surface area contributed by atoms with Crippen molar-refractivity contribution in [3.8, 4) is 0 Å². The highest BCUT2D eigenvalue weighted by Crippen LogP contribution is 2.24. The molecule has 0 bridgehead atoms. The summed E-state index contributed by atoms with van der Waals surface area (Å²) in [4.78, 5) is 0. The van der Waals surface area contributed by atoms with E-state index in [9.17, 15) is 0 Å². The first-order valence-corrected chi connectivity index (χ1v) is 8.57. The molecule has 0 saturated heterocycles. The summed E-state index contributed by atoms with van der Waals surface area (Å²) in [6.07, 6.45) is 13.9. The van der Waals surface area contributed by atoms with E-state index < -0.39 is 0 Å². The Bertz CT molecular complexity index is 332. The minimum absolute atomic E-state index is 0.476. The van der Waals surface area contributed by atoms with Gasteiger partial charge in [-0.05, 0) is 32.4 Å². The maximum absolute atomic E-state index is 5.46. The standard InChI is InChI=1S/C18H33NO/c1-4-6-7-8-9-10-11-12-18(19-14-5-2)17-13-15-20-16(17)3/h13,15,18-19H,4-12,14H2,1-3H3. The molecule has 0 aliphatic rings. The third-order valence-corrected chi connectivity index (χ3v) is 4.01. The molecule has 20 heavy (non-hydrogen) atoms. The van der Waals surface area contributed by atoms with Crippen molar-refractivity contribution in [1.29, 1.82) is 0 Å². The van der Waals surface area contributed by atoms with E-state index in [0.717, 1.165) is 12.3 Å². The van der Waals surface area contributed by atoms with E-state index in [2.05, 4.69) is 32.2 Å². The third kappa shape index (κ3) is 6.60. The molecule has 0 aromatic carbocycles. The van der Waals surface area contributed by atoms with Gasteiger partial charge in [0.15, 0.2) is 0 Å². The molecule has 1 atom stereocenters. The van der Waals surface area contributed by atoms with Crippen LogP contribution in [0.5, 0.6) is 0 Å². The quantitative estimate of drug-likeness (QED) is 0.491. The zero-order chi connectivity index (χ0) is 14.6. The molecule has 2 nitrogen and oxygen atoms in total. The van der Waals surface area contributed by atoms with Gasteiger partial charge in [-0.1, -0.05) is 58.8 Å². The zero-order valence-electron chi connectivity index (χ0n) is 13.7. The summed E-state index contributed by atoms with van der Waals surface area (Å²) in [6, 6.07) is 2.61. The fourth-order valence-electron chi connectivity index (χ4n) is 2.75. The van der Waals surface area contributed by atoms with Crippen molar-refractivity contribution in [1.82, 2.24) is 5.32 Å². The molecule has 0 spiro atoms. The molecule has 1 aromatic heterocycles. The van der Waals surface area contributed by atoms with Crippen LogP contribution in [0.2, 0.25) is 0 Å². The van der Waals surface area contributed by atoms with Crippen LogP contribution in [0.25, 0.3) is 0 Å². The predicted octanol–water partition coefficient (Wildman–Crippen LogP) is 5.77. The maximum Gasteiger partial charge on any atom is 0.105 e. The Morgan fingerprint density at radius 1 is 1.00 bits per heavy atom. The topological polar surface area (TPSA) is 25.2 Å². The van der Waals surface area contributed by atoms with Gasteiger partial charge in [-0.25, -0.2) is 0 Å². The molecule has 0 fully saturated rings. The second-order valence-corrected chi connectivity index (χ2v) is 5.85. The van der Waals surface area contributed by atoms with Gasteiger partial charge in [0.25, 0.3) is 0 Å². The number of furan rings is 1. The summed E-state index contributed by atoms with van der Waals surface area (Å²) in [5.74, 6) is 1.07. The van der Waals surface area contributed by atoms with Crippen molar-refractivity contribution in [3.63, 3.8) is 0 Å². The lowest BCUT2D eigenvalue weighted by Gasteiger charge is -2.18. The summed E-state index contributed by atoms with van der Waals surface area (Å²) >= 11 is 0. The normalized spacial score (nSPS) is 12.8. The summed E-state index contributed by atoms with van der Waals surface area (Å²) < 4.78 is 5.46. The van der Waals surface area contributed by atoms with E-state index in [0.29, 0.717) is 6.04 Å². The smallest absolute Gasteiger partial charge is 0.105 e. The zero-order valence-corrected chi connectivity index (χ0v) is 13.7. The minimum Gasteiger partial charge on any atom is -0.469 e. The average Bonchev–Trinajstić information content (AvgIpc) is 2.87. The van der Waals surface area contributed by atoms with Gasteiger partial charge in [0.1, 0.15) is 5.76 Å². The summed E-state index contributed by atoms with van der Waals surface area (Å²) in [5, 5.41) is 3.66. The molecular weight excluding hydrogens is 246 g/mol. The lowest BCUT2D eigenvalue weighted by Crippen LogP contribution is -2.22. The maximum atomic E-state index is 5.46. The van der Waals surface area contributed by atoms with Crippen molar-refractivity contribution >= 4 is 0 Å². The summed E-state index contributed by atoms with van der Waals surface area (Å²) in [7, 11) is 0. The van der Waals surface area contributed by atoms with Gasteiger partial charge in [-0.3, -0.25) is 0 Å². The van der Waals surface area contributed by atoms with Crippen LogP contribution in [0.3, 0.4) is 0 Å². The third-order valence-electron chi connectivity index (χ3n) is 4.01. The number of hydrogen-bond donors (Lipinski definition) is 1. The van der Waals surface area contributed by atoms with Crippen LogP contribution < -0.4 is 5.32 Å². The van der Waals surface area contributed by atoms with E-state index in [4.69, 9.17) is 4.42 Å². The molecule has 116 valence electrons. The highest BCUT2D eigenvalue weighted by molar-refractivity contribution is 5.20. The highest BCUT2D eigenvalue weighted by Gasteiger charge is 2.14. The monoisotopic (exact) mass is 279 g/mol. The van der Waals surface area contributed by atoms with Gasteiger partial charge in [-0.15, -0.1) is 0 Å². The summed E-state index contributed by atoms with van der Waals surface area (Å²) in [5.41, 5.74) is 1.35. The number of unbranched alkanes of at least 4 members (excludes halogenated alkanes) is 6. The second kappa shape index (κ2) is 11.0. The molecule has 0 radical (unpaired) electrons. The Morgan fingerprint density at radius 3 is 2.30 bits per heavy atom. The van der Waals surface area contributed by atoms with Gasteiger partial charge < -0.3 is 9.73 Å². The molecule has 2 heteroatoms. The Labute approximate surface area is 125 Å². The van der Waals surface area contributed by atoms with Crippen molar-refractivity contribution in [2.75, 3.05) is 6.54 Å². The van der Waals surface area contributed by atoms with Crippen LogP contribution in [0.15, 0.2) is 16.7 Å². The van der Waals surface area contributed by atoms with Crippen LogP contribution in [0.4, 0.5) is 0 Å². The molecular formula is C18H33NO. The SMILES string of the molecule is CCCCCCCCCC(NCCC)c1ccoc1C. The molecule has 1 N–H and O–H groups in total. The second-order valence-electron chi connectivity index (χ2n) is 5.85. The lowest BCUT2D eigenvalue weighted by molar-refractivity contribution is 0.452. The number of hydrogen-bond acceptors (Lipinski definition) is 2. The molecule has 0 aliphatic heterocycles. The molecule has 1 unspecified atom stereocenters. The summed E-state index contributed by atoms with van der Waals surface area (Å²) in [6.45, 7) is 7.66. The lowest BCUT2D eigenvalue weighted by atomic mass is 9.99. The average molecular weight is 279 g/mol. The van der Waals surface area contributed by atoms with Gasteiger partial charge in [0.2, 0.25) is 0 Å². The highest BCUT2D eigenvalue weighted by atomic mass is 16.3. The van der Waals surface area contributed by atoms with Gasteiger partial charge in [-0.2, -0.15) is 0 Å². The Balaban J connectivity index is 2.26. The first-order valence-electron chi connectivity index (χ1n) is 8.57. The Hall–Kier alpha value is -0.760. The van der Waals surface area contributed by atoms with Crippen molar-refractivity contribution in [2.45, 2.75) is 84.6 Å². The van der Waals surface area contributed by atoms with E-state index in [1.54, 1.807) is 0 Å². The first-order chi connectivity index (χ1) is 9.79. The van der Waals surface area contributed by atoms with E-state index in [1.165, 1.54) is 63.4 Å². The van der Waals surface area contributed by atoms with Crippen LogP contribution in [0, 0.1) is 6.92 Å². The van der Waals surface area contributed by atoms with Crippen molar-refractivity contribution in [3.05, 3.63) is 23.7 Å². The molecule has 1 aromatic rings. The Morgan fingerprint density at radius 2 is 1.70 bits per heavy atom. The van der Waals surface area contributed by atoms with E-state index in [1.807, 2.05) is 6.26 Å². The van der Waals surface area contributed by atoms with Crippen LogP contribution in [-0.2, 0) is 0 Å². The Kier molecular flexibility index (Phi) is 9.48. The number of aryl methyl sites for hydroxylation is 1. The number of nitrogens with one attached hydrogen (secondary N) is 1. The first kappa shape index (κ1) is 17.3. The number of rotatable bonds is 12. The minimum atomic E-state index is 0.476. The fraction of sp³-hybridized carbons (Fsp3) is 0.778. The molecule has 1 rings (SSSR count). The fourth-order valence-corrected chi connectivity index (χ4v) is 2.75. The molecule has 0 amide bonds. The van der Waals surface area contributed by atoms with Crippen LogP contribution in [0.1, 0.15) is 89.0 Å². The van der Waals surface area contributed by atoms with Crippen molar-refractivity contribution < 1.29 is 4.42 Å². The predicted molar refractivity (Wildman–Crippen MR) is 87.1 cm³/mol. The van der Waals surface area contributed by atoms with Gasteiger partial charge in [0, 0.05) is 11.6 Å². The van der Waals surface area contributed by atoms with Gasteiger partial charge >= 0.3 is 0 Å². The van der Waals surface area contributed by atoms with Crippen molar-refractivity contribution in [2.24, 2.45) is 0 Å². The largest absolute Gasteiger partial charge is 0.469 e.